The molecule has 2 aromatic heterocycles. The summed E-state index contributed by atoms with van der Waals surface area (Å²) in [6, 6.07) is 10.1. The summed E-state index contributed by atoms with van der Waals surface area (Å²) in [6.07, 6.45) is 5.88. The third-order valence-corrected chi connectivity index (χ3v) is 5.87. The first-order chi connectivity index (χ1) is 13.5. The number of aryl methyl sites for hydroxylation is 3. The third kappa shape index (κ3) is 4.42. The summed E-state index contributed by atoms with van der Waals surface area (Å²) in [7, 11) is 0. The zero-order valence-corrected chi connectivity index (χ0v) is 17.7. The van der Waals surface area contributed by atoms with Crippen molar-refractivity contribution in [2.75, 3.05) is 4.72 Å². The van der Waals surface area contributed by atoms with Crippen LogP contribution in [-0.4, -0.2) is 15.2 Å². The highest BCUT2D eigenvalue weighted by atomic mass is 35.5. The maximum absolute atomic E-state index is 6.33. The summed E-state index contributed by atoms with van der Waals surface area (Å²) in [4.78, 5) is 8.96. The molecule has 0 spiro atoms. The molecule has 0 saturated heterocycles. The Morgan fingerprint density at radius 2 is 1.82 bits per heavy atom. The number of nitrogens with one attached hydrogen (secondary N) is 1. The lowest BCUT2D eigenvalue weighted by Gasteiger charge is -2.16. The lowest BCUT2D eigenvalue weighted by molar-refractivity contribution is 0.459. The number of hydrogen-bond donors (Lipinski definition) is 1. The van der Waals surface area contributed by atoms with E-state index in [0.29, 0.717) is 16.2 Å². The average molecular weight is 412 g/mol. The van der Waals surface area contributed by atoms with Crippen molar-refractivity contribution in [3.8, 4) is 22.9 Å². The molecule has 0 unspecified atom stereocenters. The lowest BCUT2D eigenvalue weighted by atomic mass is 10.1. The predicted octanol–water partition coefficient (Wildman–Crippen LogP) is 6.74. The highest BCUT2D eigenvalue weighted by Gasteiger charge is 2.23. The first kappa shape index (κ1) is 19.1. The van der Waals surface area contributed by atoms with E-state index in [2.05, 4.69) is 42.6 Å². The minimum absolute atomic E-state index is 0.556. The van der Waals surface area contributed by atoms with E-state index < -0.39 is 0 Å². The maximum Gasteiger partial charge on any atom is 0.244 e. The number of benzene rings is 1. The Hall–Kier alpha value is -2.24. The number of rotatable bonds is 6. The summed E-state index contributed by atoms with van der Waals surface area (Å²) in [5, 5.41) is 1.26. The molecule has 1 aliphatic rings. The van der Waals surface area contributed by atoms with Crippen LogP contribution in [0.2, 0.25) is 5.02 Å². The predicted molar refractivity (Wildman–Crippen MR) is 117 cm³/mol. The normalized spacial score (nSPS) is 13.4. The topological polar surface area (TPSA) is 47.0 Å². The van der Waals surface area contributed by atoms with Crippen molar-refractivity contribution < 1.29 is 4.74 Å². The molecule has 28 heavy (non-hydrogen) atoms. The van der Waals surface area contributed by atoms with Gasteiger partial charge in [0.15, 0.2) is 0 Å². The average Bonchev–Trinajstić information content (AvgIpc) is 3.48. The lowest BCUT2D eigenvalue weighted by Crippen LogP contribution is -2.00. The van der Waals surface area contributed by atoms with Gasteiger partial charge >= 0.3 is 0 Å². The maximum atomic E-state index is 6.33. The van der Waals surface area contributed by atoms with Gasteiger partial charge in [0.25, 0.3) is 0 Å². The molecular formula is C22H22ClN3OS. The van der Waals surface area contributed by atoms with E-state index in [0.717, 1.165) is 33.8 Å². The van der Waals surface area contributed by atoms with Crippen LogP contribution in [0.1, 0.15) is 29.5 Å². The van der Waals surface area contributed by atoms with Crippen molar-refractivity contribution in [3.05, 3.63) is 64.4 Å². The van der Waals surface area contributed by atoms with Crippen LogP contribution in [0.5, 0.6) is 11.6 Å². The van der Waals surface area contributed by atoms with Crippen molar-refractivity contribution >= 4 is 29.2 Å². The van der Waals surface area contributed by atoms with Gasteiger partial charge in [-0.25, -0.2) is 4.98 Å². The molecule has 1 saturated carbocycles. The molecule has 0 bridgehead atoms. The number of anilines is 1. The van der Waals surface area contributed by atoms with E-state index in [4.69, 9.17) is 21.3 Å². The van der Waals surface area contributed by atoms with Crippen molar-refractivity contribution in [1.29, 1.82) is 0 Å². The fourth-order valence-corrected chi connectivity index (χ4v) is 4.06. The van der Waals surface area contributed by atoms with Crippen LogP contribution < -0.4 is 9.46 Å². The molecule has 3 aromatic rings. The van der Waals surface area contributed by atoms with Gasteiger partial charge in [0.05, 0.1) is 10.7 Å². The number of nitrogens with zero attached hydrogens (tertiary/aromatic N) is 2. The van der Waals surface area contributed by atoms with Crippen LogP contribution in [-0.2, 0) is 0 Å². The van der Waals surface area contributed by atoms with Crippen LogP contribution >= 0.6 is 23.5 Å². The van der Waals surface area contributed by atoms with Gasteiger partial charge in [0.2, 0.25) is 5.88 Å². The summed E-state index contributed by atoms with van der Waals surface area (Å²) in [6.45, 7) is 6.21. The highest BCUT2D eigenvalue weighted by molar-refractivity contribution is 8.01. The molecule has 4 nitrogen and oxygen atoms in total. The van der Waals surface area contributed by atoms with Crippen LogP contribution in [0.4, 0.5) is 5.69 Å². The summed E-state index contributed by atoms with van der Waals surface area (Å²) in [5.74, 6) is 1.40. The van der Waals surface area contributed by atoms with Gasteiger partial charge in [0, 0.05) is 23.2 Å². The zero-order chi connectivity index (χ0) is 19.7. The first-order valence-electron chi connectivity index (χ1n) is 9.29. The van der Waals surface area contributed by atoms with E-state index in [-0.39, 0.29) is 0 Å². The van der Waals surface area contributed by atoms with Crippen molar-refractivity contribution in [2.45, 2.75) is 38.9 Å². The first-order valence-corrected chi connectivity index (χ1v) is 10.5. The quantitative estimate of drug-likeness (QED) is 0.455. The largest absolute Gasteiger partial charge is 0.436 e. The van der Waals surface area contributed by atoms with Crippen LogP contribution in [0.25, 0.3) is 11.3 Å². The SMILES string of the molecule is Cc1cc(C)c(Oc2nc(-c3cncc(Cl)c3)ccc2NSC2CC2)c(C)c1. The van der Waals surface area contributed by atoms with Crippen molar-refractivity contribution in [3.63, 3.8) is 0 Å². The van der Waals surface area contributed by atoms with Gasteiger partial charge in [-0.15, -0.1) is 0 Å². The Morgan fingerprint density at radius 3 is 2.50 bits per heavy atom. The number of ether oxygens (including phenoxy) is 1. The Bertz CT molecular complexity index is 997. The van der Waals surface area contributed by atoms with Crippen molar-refractivity contribution in [2.24, 2.45) is 0 Å². The van der Waals surface area contributed by atoms with E-state index in [1.54, 1.807) is 24.3 Å². The monoisotopic (exact) mass is 411 g/mol. The minimum atomic E-state index is 0.556. The molecular weight excluding hydrogens is 390 g/mol. The Balaban J connectivity index is 1.72. The molecule has 0 aliphatic heterocycles. The summed E-state index contributed by atoms with van der Waals surface area (Å²) in [5.41, 5.74) is 5.90. The van der Waals surface area contributed by atoms with E-state index in [1.165, 1.54) is 18.4 Å². The molecule has 0 radical (unpaired) electrons. The standard InChI is InChI=1S/C22H22ClN3OS/c1-13-8-14(2)21(15(3)9-13)27-22-20(26-28-18-4-5-18)7-6-19(25-22)16-10-17(23)12-24-11-16/h6-12,18,26H,4-5H2,1-3H3. The minimum Gasteiger partial charge on any atom is -0.436 e. The third-order valence-electron chi connectivity index (χ3n) is 4.52. The molecule has 1 aromatic carbocycles. The second-order valence-corrected chi connectivity index (χ2v) is 8.73. The fraction of sp³-hybridized carbons (Fsp3) is 0.273. The smallest absolute Gasteiger partial charge is 0.244 e. The summed E-state index contributed by atoms with van der Waals surface area (Å²) < 4.78 is 9.75. The highest BCUT2D eigenvalue weighted by Crippen LogP contribution is 2.39. The molecule has 1 fully saturated rings. The molecule has 144 valence electrons. The number of hydrogen-bond acceptors (Lipinski definition) is 5. The molecule has 0 atom stereocenters. The molecule has 1 N–H and O–H groups in total. The van der Waals surface area contributed by atoms with Crippen LogP contribution in [0.15, 0.2) is 42.7 Å². The Kier molecular flexibility index (Phi) is 5.47. The van der Waals surface area contributed by atoms with Gasteiger partial charge < -0.3 is 9.46 Å². The van der Waals surface area contributed by atoms with E-state index >= 15 is 0 Å². The Labute approximate surface area is 174 Å². The zero-order valence-electron chi connectivity index (χ0n) is 16.1. The number of pyridine rings is 2. The fourth-order valence-electron chi connectivity index (χ4n) is 3.07. The second-order valence-electron chi connectivity index (χ2n) is 7.19. The number of halogens is 1. The van der Waals surface area contributed by atoms with Crippen LogP contribution in [0, 0.1) is 20.8 Å². The molecule has 6 heteroatoms. The second kappa shape index (κ2) is 8.02. The Morgan fingerprint density at radius 1 is 1.07 bits per heavy atom. The van der Waals surface area contributed by atoms with Gasteiger partial charge in [-0.05, 0) is 74.9 Å². The van der Waals surface area contributed by atoms with E-state index in [9.17, 15) is 0 Å². The van der Waals surface area contributed by atoms with E-state index in [1.807, 2.05) is 18.2 Å². The van der Waals surface area contributed by atoms with Gasteiger partial charge in [-0.2, -0.15) is 0 Å². The van der Waals surface area contributed by atoms with Crippen LogP contribution in [0.3, 0.4) is 0 Å². The molecule has 0 amide bonds. The molecule has 1 aliphatic carbocycles. The number of aromatic nitrogens is 2. The van der Waals surface area contributed by atoms with Crippen molar-refractivity contribution in [1.82, 2.24) is 9.97 Å². The van der Waals surface area contributed by atoms with Gasteiger partial charge in [0.1, 0.15) is 11.4 Å². The molecule has 2 heterocycles. The van der Waals surface area contributed by atoms with Gasteiger partial charge in [-0.1, -0.05) is 29.3 Å². The summed E-state index contributed by atoms with van der Waals surface area (Å²) >= 11 is 7.84. The van der Waals surface area contributed by atoms with Gasteiger partial charge in [-0.3, -0.25) is 4.98 Å². The molecule has 4 rings (SSSR count).